The first-order valence-electron chi connectivity index (χ1n) is 1.31. The van der Waals surface area contributed by atoms with Crippen LogP contribution in [0.5, 0.6) is 0 Å². The molecule has 5 heavy (non-hydrogen) atoms. The van der Waals surface area contributed by atoms with Crippen molar-refractivity contribution in [2.75, 3.05) is 0 Å². The highest BCUT2D eigenvalue weighted by atomic mass is 16.1. The van der Waals surface area contributed by atoms with Crippen molar-refractivity contribution in [1.82, 2.24) is 0 Å². The first-order valence-corrected chi connectivity index (χ1v) is 1.31. The molecule has 0 N–H and O–H groups in total. The van der Waals surface area contributed by atoms with E-state index in [9.17, 15) is 0 Å². The molecule has 0 saturated carbocycles. The van der Waals surface area contributed by atoms with Crippen LogP contribution in [0.3, 0.4) is 0 Å². The van der Waals surface area contributed by atoms with E-state index in [4.69, 9.17) is 4.79 Å². The van der Waals surface area contributed by atoms with Crippen LogP contribution < -0.4 is 0 Å². The minimum atomic E-state index is 0.750. The third kappa shape index (κ3) is 19.5. The van der Waals surface area contributed by atoms with Gasteiger partial charge in [-0.1, -0.05) is 0 Å². The predicted octanol–water partition coefficient (Wildman–Crippen LogP) is 1.01. The molecule has 0 fully saturated rings. The van der Waals surface area contributed by atoms with Gasteiger partial charge in [-0.15, -0.1) is 13.2 Å². The van der Waals surface area contributed by atoms with Crippen LogP contribution in [-0.2, 0) is 4.79 Å². The maximum atomic E-state index is 8.81. The Labute approximate surface area is 32.3 Å². The van der Waals surface area contributed by atoms with Crippen LogP contribution in [0.2, 0.25) is 0 Å². The summed E-state index contributed by atoms with van der Waals surface area (Å²) in [6, 6.07) is 0. The fraction of sp³-hybridized carbons (Fsp3) is 0.250. The largest absolute Gasteiger partial charge is 0.304 e. The van der Waals surface area contributed by atoms with Gasteiger partial charge in [-0.2, -0.15) is 0 Å². The standard InChI is InChI=1S/C2H4O.C2H4/c1-2-3;1-2/h2H,1H3;1-2H2. The van der Waals surface area contributed by atoms with Crippen LogP contribution in [0, 0.1) is 0 Å². The predicted molar refractivity (Wildman–Crippen MR) is 23.0 cm³/mol. The van der Waals surface area contributed by atoms with E-state index >= 15 is 0 Å². The summed E-state index contributed by atoms with van der Waals surface area (Å²) < 4.78 is 0. The second-order valence-electron chi connectivity index (χ2n) is 0.236. The van der Waals surface area contributed by atoms with Crippen LogP contribution in [-0.4, -0.2) is 6.29 Å². The topological polar surface area (TPSA) is 17.1 Å². The summed E-state index contributed by atoms with van der Waals surface area (Å²) in [5.41, 5.74) is 0. The van der Waals surface area contributed by atoms with E-state index in [0.717, 1.165) is 6.29 Å². The highest BCUT2D eigenvalue weighted by Crippen LogP contribution is 1.13. The molecule has 1 nitrogen and oxygen atoms in total. The van der Waals surface area contributed by atoms with Crippen LogP contribution in [0.1, 0.15) is 6.92 Å². The summed E-state index contributed by atoms with van der Waals surface area (Å²) in [6.07, 6.45) is 0.750. The molecule has 0 radical (unpaired) electrons. The van der Waals surface area contributed by atoms with Gasteiger partial charge in [0.2, 0.25) is 0 Å². The number of hydrogen-bond donors (Lipinski definition) is 0. The lowest BCUT2D eigenvalue weighted by atomic mass is 11.0. The van der Waals surface area contributed by atoms with Crippen molar-refractivity contribution in [3.63, 3.8) is 0 Å². The van der Waals surface area contributed by atoms with Crippen LogP contribution in [0.25, 0.3) is 0 Å². The fourth-order valence-electron chi connectivity index (χ4n) is 0. The van der Waals surface area contributed by atoms with Gasteiger partial charge in [-0.05, 0) is 6.92 Å². The lowest BCUT2D eigenvalue weighted by molar-refractivity contribution is -0.106. The lowest BCUT2D eigenvalue weighted by Gasteiger charge is -1.23. The molecule has 0 rings (SSSR count). The SMILES string of the molecule is C=C.CC=O. The Balaban J connectivity index is 0. The van der Waals surface area contributed by atoms with Crippen molar-refractivity contribution >= 4 is 6.29 Å². The average Bonchev–Trinajstić information content (AvgIpc) is 1.46. The van der Waals surface area contributed by atoms with Crippen LogP contribution in [0.15, 0.2) is 13.2 Å². The second-order valence-corrected chi connectivity index (χ2v) is 0.236. The summed E-state index contributed by atoms with van der Waals surface area (Å²) in [6.45, 7) is 7.44. The molecule has 0 heterocycles. The Kier molecular flexibility index (Phi) is 208. The van der Waals surface area contributed by atoms with E-state index in [-0.39, 0.29) is 0 Å². The number of rotatable bonds is 0. The van der Waals surface area contributed by atoms with Gasteiger partial charge in [0.25, 0.3) is 0 Å². The third-order valence-corrected chi connectivity index (χ3v) is 0. The number of carbonyl (C=O) groups excluding carboxylic acids is 1. The molecule has 0 unspecified atom stereocenters. The summed E-state index contributed by atoms with van der Waals surface area (Å²) in [4.78, 5) is 8.81. The zero-order valence-electron chi connectivity index (χ0n) is 3.40. The summed E-state index contributed by atoms with van der Waals surface area (Å²) >= 11 is 0. The average molecular weight is 72.1 g/mol. The first kappa shape index (κ1) is 8.83. The van der Waals surface area contributed by atoms with Crippen molar-refractivity contribution in [3.8, 4) is 0 Å². The summed E-state index contributed by atoms with van der Waals surface area (Å²) in [5.74, 6) is 0. The van der Waals surface area contributed by atoms with E-state index in [1.54, 1.807) is 0 Å². The van der Waals surface area contributed by atoms with Crippen molar-refractivity contribution in [2.45, 2.75) is 6.92 Å². The monoisotopic (exact) mass is 72.1 g/mol. The van der Waals surface area contributed by atoms with Gasteiger partial charge in [-0.25, -0.2) is 0 Å². The van der Waals surface area contributed by atoms with Crippen molar-refractivity contribution in [2.24, 2.45) is 0 Å². The molecule has 0 amide bonds. The van der Waals surface area contributed by atoms with Crippen molar-refractivity contribution in [3.05, 3.63) is 13.2 Å². The zero-order chi connectivity index (χ0) is 4.71. The van der Waals surface area contributed by atoms with Crippen molar-refractivity contribution in [1.29, 1.82) is 0 Å². The Morgan fingerprint density at radius 2 is 1.60 bits per heavy atom. The minimum absolute atomic E-state index is 0.750. The second kappa shape index (κ2) is 118. The molecule has 0 bridgehead atoms. The Hall–Kier alpha value is -0.590. The molecular formula is C4H8O. The van der Waals surface area contributed by atoms with Gasteiger partial charge in [0.1, 0.15) is 6.29 Å². The molecule has 1 heteroatoms. The molecule has 0 aromatic rings. The number of carbonyl (C=O) groups is 1. The Morgan fingerprint density at radius 1 is 1.60 bits per heavy atom. The van der Waals surface area contributed by atoms with Gasteiger partial charge in [-0.3, -0.25) is 0 Å². The molecule has 0 aromatic carbocycles. The van der Waals surface area contributed by atoms with E-state index in [2.05, 4.69) is 13.2 Å². The van der Waals surface area contributed by atoms with E-state index in [1.165, 1.54) is 6.92 Å². The molecular weight excluding hydrogens is 64.0 g/mol. The molecule has 0 aliphatic rings. The fourth-order valence-corrected chi connectivity index (χ4v) is 0. The highest BCUT2D eigenvalue weighted by molar-refractivity contribution is 5.44. The third-order valence-electron chi connectivity index (χ3n) is 0. The van der Waals surface area contributed by atoms with Gasteiger partial charge in [0.05, 0.1) is 0 Å². The molecule has 0 atom stereocenters. The molecule has 0 spiro atoms. The number of aldehydes is 1. The van der Waals surface area contributed by atoms with Crippen LogP contribution in [0.4, 0.5) is 0 Å². The Bertz CT molecular complexity index is 17.6. The van der Waals surface area contributed by atoms with Gasteiger partial charge < -0.3 is 4.79 Å². The van der Waals surface area contributed by atoms with E-state index in [1.807, 2.05) is 0 Å². The van der Waals surface area contributed by atoms with Gasteiger partial charge >= 0.3 is 0 Å². The van der Waals surface area contributed by atoms with Gasteiger partial charge in [0.15, 0.2) is 0 Å². The van der Waals surface area contributed by atoms with E-state index in [0.29, 0.717) is 0 Å². The molecule has 0 aromatic heterocycles. The maximum Gasteiger partial charge on any atom is 0.116 e. The zero-order valence-corrected chi connectivity index (χ0v) is 3.40. The molecule has 0 aliphatic heterocycles. The smallest absolute Gasteiger partial charge is 0.116 e. The molecule has 0 aliphatic carbocycles. The summed E-state index contributed by atoms with van der Waals surface area (Å²) in [5, 5.41) is 0. The van der Waals surface area contributed by atoms with Gasteiger partial charge in [0, 0.05) is 0 Å². The minimum Gasteiger partial charge on any atom is -0.304 e. The Morgan fingerprint density at radius 3 is 1.60 bits per heavy atom. The quantitative estimate of drug-likeness (QED) is 0.308. The van der Waals surface area contributed by atoms with E-state index < -0.39 is 0 Å². The first-order chi connectivity index (χ1) is 2.41. The lowest BCUT2D eigenvalue weighted by Crippen LogP contribution is -1.36. The number of hydrogen-bond acceptors (Lipinski definition) is 1. The van der Waals surface area contributed by atoms with Crippen LogP contribution >= 0.6 is 0 Å². The maximum absolute atomic E-state index is 8.81. The molecule has 0 saturated heterocycles. The normalized spacial score (nSPS) is 3.40. The highest BCUT2D eigenvalue weighted by Gasteiger charge is 1.24. The summed E-state index contributed by atoms with van der Waals surface area (Å²) in [7, 11) is 0. The molecule has 30 valence electrons. The van der Waals surface area contributed by atoms with Crippen molar-refractivity contribution < 1.29 is 4.79 Å².